The quantitative estimate of drug-likeness (QED) is 0.397. The fourth-order valence-corrected chi connectivity index (χ4v) is 4.81. The lowest BCUT2D eigenvalue weighted by atomic mass is 9.92. The van der Waals surface area contributed by atoms with Gasteiger partial charge in [-0.25, -0.2) is 0 Å². The molecule has 0 aliphatic carbocycles. The van der Waals surface area contributed by atoms with E-state index in [9.17, 15) is 0 Å². The Hall–Kier alpha value is -2.32. The van der Waals surface area contributed by atoms with Gasteiger partial charge in [-0.1, -0.05) is 54.6 Å². The van der Waals surface area contributed by atoms with Crippen LogP contribution >= 0.6 is 0 Å². The van der Waals surface area contributed by atoms with E-state index < -0.39 is 0 Å². The van der Waals surface area contributed by atoms with Crippen molar-refractivity contribution in [1.82, 2.24) is 4.90 Å². The van der Waals surface area contributed by atoms with Crippen LogP contribution < -0.4 is 0 Å². The number of nitrogens with zero attached hydrogens (tertiary/aromatic N) is 1. The van der Waals surface area contributed by atoms with Gasteiger partial charge in [-0.05, 0) is 37.9 Å². The van der Waals surface area contributed by atoms with E-state index >= 15 is 0 Å². The van der Waals surface area contributed by atoms with E-state index in [1.54, 1.807) is 0 Å². The normalized spacial score (nSPS) is 19.2. The van der Waals surface area contributed by atoms with E-state index in [1.807, 2.05) is 0 Å². The third kappa shape index (κ3) is 6.28. The minimum Gasteiger partial charge on any atom is -0.378 e. The maximum atomic E-state index is 5.86. The van der Waals surface area contributed by atoms with Crippen LogP contribution in [0.25, 0.3) is 32.3 Å². The Morgan fingerprint density at radius 1 is 0.486 bits per heavy atom. The van der Waals surface area contributed by atoms with Gasteiger partial charge in [0.2, 0.25) is 0 Å². The molecule has 0 unspecified atom stereocenters. The van der Waals surface area contributed by atoms with E-state index in [4.69, 9.17) is 23.7 Å². The zero-order chi connectivity index (χ0) is 23.7. The van der Waals surface area contributed by atoms with E-state index in [0.717, 1.165) is 19.6 Å². The predicted octanol–water partition coefficient (Wildman–Crippen LogP) is 4.48. The summed E-state index contributed by atoms with van der Waals surface area (Å²) in [6.07, 6.45) is 0. The van der Waals surface area contributed by atoms with Crippen LogP contribution in [-0.2, 0) is 30.2 Å². The zero-order valence-electron chi connectivity index (χ0n) is 20.4. The van der Waals surface area contributed by atoms with E-state index in [0.29, 0.717) is 66.1 Å². The fraction of sp³-hybridized carbons (Fsp3) is 0.448. The molecule has 1 aliphatic heterocycles. The molecule has 1 aliphatic rings. The van der Waals surface area contributed by atoms with Gasteiger partial charge in [-0.2, -0.15) is 0 Å². The van der Waals surface area contributed by atoms with Crippen molar-refractivity contribution in [2.24, 2.45) is 0 Å². The highest BCUT2D eigenvalue weighted by atomic mass is 16.6. The number of rotatable bonds is 2. The maximum absolute atomic E-state index is 5.86. The minimum absolute atomic E-state index is 0.576. The summed E-state index contributed by atoms with van der Waals surface area (Å²) in [6, 6.07) is 20.1. The van der Waals surface area contributed by atoms with Crippen molar-refractivity contribution >= 4 is 32.3 Å². The van der Waals surface area contributed by atoms with Gasteiger partial charge < -0.3 is 23.7 Å². The van der Waals surface area contributed by atoms with Crippen LogP contribution in [0, 0.1) is 0 Å². The molecule has 35 heavy (non-hydrogen) atoms. The summed E-state index contributed by atoms with van der Waals surface area (Å²) in [7, 11) is 0. The molecule has 0 spiro atoms. The second-order valence-electron chi connectivity index (χ2n) is 8.92. The van der Waals surface area contributed by atoms with Crippen LogP contribution in [-0.4, -0.2) is 84.1 Å². The second-order valence-corrected chi connectivity index (χ2v) is 8.92. The molecule has 4 aromatic rings. The van der Waals surface area contributed by atoms with Gasteiger partial charge in [0, 0.05) is 19.6 Å². The van der Waals surface area contributed by atoms with Crippen molar-refractivity contribution < 1.29 is 23.7 Å². The highest BCUT2D eigenvalue weighted by Crippen LogP contribution is 2.36. The van der Waals surface area contributed by atoms with Crippen molar-refractivity contribution in [1.29, 1.82) is 0 Å². The molecule has 0 radical (unpaired) electrons. The molecule has 1 heterocycles. The van der Waals surface area contributed by atoms with Crippen LogP contribution in [0.3, 0.4) is 0 Å². The highest BCUT2D eigenvalue weighted by molar-refractivity contribution is 6.23. The van der Waals surface area contributed by atoms with Gasteiger partial charge in [0.05, 0.1) is 66.1 Å². The summed E-state index contributed by atoms with van der Waals surface area (Å²) in [5.74, 6) is 0. The molecule has 1 fully saturated rings. The smallest absolute Gasteiger partial charge is 0.0701 e. The lowest BCUT2D eigenvalue weighted by Crippen LogP contribution is -2.31. The highest BCUT2D eigenvalue weighted by Gasteiger charge is 2.13. The van der Waals surface area contributed by atoms with Crippen molar-refractivity contribution in [3.63, 3.8) is 0 Å². The lowest BCUT2D eigenvalue weighted by Gasteiger charge is -2.24. The molecule has 186 valence electrons. The van der Waals surface area contributed by atoms with Gasteiger partial charge in [-0.3, -0.25) is 4.90 Å². The molecule has 0 saturated carbocycles. The van der Waals surface area contributed by atoms with Crippen molar-refractivity contribution in [2.75, 3.05) is 79.2 Å². The first-order chi connectivity index (χ1) is 17.4. The standard InChI is InChI=1S/C29H35NO5/c1-2-23-4-5-25-6-7-26(27-9-8-24(3-1)28(23)29(25)27)22-30-10-12-31-14-16-33-18-20-35-21-19-34-17-15-32-13-11-30/h1-9H,10-22H2. The molecular weight excluding hydrogens is 442 g/mol. The molecule has 6 nitrogen and oxygen atoms in total. The molecule has 4 aromatic carbocycles. The summed E-state index contributed by atoms with van der Waals surface area (Å²) in [6.45, 7) is 8.50. The monoisotopic (exact) mass is 477 g/mol. The average Bonchev–Trinajstić information content (AvgIpc) is 2.89. The third-order valence-electron chi connectivity index (χ3n) is 6.60. The molecule has 1 saturated heterocycles. The van der Waals surface area contributed by atoms with E-state index in [-0.39, 0.29) is 0 Å². The Balaban J connectivity index is 1.30. The first-order valence-electron chi connectivity index (χ1n) is 12.7. The molecular formula is C29H35NO5. The molecule has 6 heteroatoms. The summed E-state index contributed by atoms with van der Waals surface area (Å²) in [4.78, 5) is 2.42. The summed E-state index contributed by atoms with van der Waals surface area (Å²) in [5.41, 5.74) is 1.34. The molecule has 0 N–H and O–H groups in total. The van der Waals surface area contributed by atoms with Gasteiger partial charge >= 0.3 is 0 Å². The van der Waals surface area contributed by atoms with Crippen LogP contribution in [0.2, 0.25) is 0 Å². The SMILES string of the molecule is c1cc2ccc3ccc(CN4CCOCCOCCOCCOCCOCC4)c4ccc(c1)c2c34. The second kappa shape index (κ2) is 12.6. The van der Waals surface area contributed by atoms with Crippen LogP contribution in [0.1, 0.15) is 5.56 Å². The summed E-state index contributed by atoms with van der Waals surface area (Å²) < 4.78 is 28.4. The molecule has 0 atom stereocenters. The molecule has 0 bridgehead atoms. The minimum atomic E-state index is 0.576. The maximum Gasteiger partial charge on any atom is 0.0701 e. The molecule has 0 aromatic heterocycles. The predicted molar refractivity (Wildman–Crippen MR) is 140 cm³/mol. The first kappa shape index (κ1) is 24.4. The van der Waals surface area contributed by atoms with E-state index in [1.165, 1.54) is 37.9 Å². The van der Waals surface area contributed by atoms with Gasteiger partial charge in [0.25, 0.3) is 0 Å². The zero-order valence-corrected chi connectivity index (χ0v) is 20.4. The largest absolute Gasteiger partial charge is 0.378 e. The first-order valence-corrected chi connectivity index (χ1v) is 12.7. The fourth-order valence-electron chi connectivity index (χ4n) is 4.81. The van der Waals surface area contributed by atoms with Gasteiger partial charge in [0.15, 0.2) is 0 Å². The Labute approximate surface area is 207 Å². The Bertz CT molecular complexity index is 1160. The molecule has 5 rings (SSSR count). The van der Waals surface area contributed by atoms with E-state index in [2.05, 4.69) is 59.5 Å². The number of benzene rings is 4. The number of hydrogen-bond donors (Lipinski definition) is 0. The average molecular weight is 478 g/mol. The van der Waals surface area contributed by atoms with Crippen molar-refractivity contribution in [3.8, 4) is 0 Å². The van der Waals surface area contributed by atoms with Crippen LogP contribution in [0.5, 0.6) is 0 Å². The number of hydrogen-bond acceptors (Lipinski definition) is 6. The Kier molecular flexibility index (Phi) is 8.76. The topological polar surface area (TPSA) is 49.4 Å². The van der Waals surface area contributed by atoms with Crippen molar-refractivity contribution in [2.45, 2.75) is 6.54 Å². The van der Waals surface area contributed by atoms with Gasteiger partial charge in [0.1, 0.15) is 0 Å². The summed E-state index contributed by atoms with van der Waals surface area (Å²) in [5, 5.41) is 7.95. The lowest BCUT2D eigenvalue weighted by molar-refractivity contribution is -0.0189. The third-order valence-corrected chi connectivity index (χ3v) is 6.60. The molecule has 0 amide bonds. The van der Waals surface area contributed by atoms with Crippen molar-refractivity contribution in [3.05, 3.63) is 60.2 Å². The van der Waals surface area contributed by atoms with Crippen LogP contribution in [0.15, 0.2) is 54.6 Å². The summed E-state index contributed by atoms with van der Waals surface area (Å²) >= 11 is 0. The Morgan fingerprint density at radius 2 is 0.943 bits per heavy atom. The number of ether oxygens (including phenoxy) is 5. The Morgan fingerprint density at radius 3 is 1.51 bits per heavy atom. The van der Waals surface area contributed by atoms with Crippen LogP contribution in [0.4, 0.5) is 0 Å². The van der Waals surface area contributed by atoms with Gasteiger partial charge in [-0.15, -0.1) is 0 Å².